The minimum Gasteiger partial charge on any atom is -0.389 e. The second-order valence-electron chi connectivity index (χ2n) is 6.12. The summed E-state index contributed by atoms with van der Waals surface area (Å²) in [5.74, 6) is 0.225. The third-order valence-corrected chi connectivity index (χ3v) is 4.88. The zero-order valence-corrected chi connectivity index (χ0v) is 12.9. The third kappa shape index (κ3) is 3.30. The molecule has 110 valence electrons. The molecule has 3 rings (SSSR count). The maximum absolute atomic E-state index is 11.3. The summed E-state index contributed by atoms with van der Waals surface area (Å²) in [6, 6.07) is 18.3. The van der Waals surface area contributed by atoms with E-state index in [-0.39, 0.29) is 5.92 Å². The van der Waals surface area contributed by atoms with Crippen LogP contribution in [0, 0.1) is 0 Å². The average Bonchev–Trinajstić information content (AvgIpc) is 2.51. The van der Waals surface area contributed by atoms with Gasteiger partial charge in [-0.05, 0) is 36.1 Å². The quantitative estimate of drug-likeness (QED) is 0.848. The molecule has 1 saturated carbocycles. The van der Waals surface area contributed by atoms with Crippen molar-refractivity contribution >= 4 is 11.6 Å². The molecule has 1 nitrogen and oxygen atoms in total. The number of halogens is 1. The van der Waals surface area contributed by atoms with Crippen molar-refractivity contribution < 1.29 is 5.11 Å². The standard InChI is InChI=1S/C19H21ClO/c20-17-11-9-15(10-12-17)14-19(21)13-5-4-8-18(19)16-6-2-1-3-7-16/h1-3,6-7,9-12,18,21H,4-5,8,13-14H2. The number of benzene rings is 2. The molecule has 1 aliphatic rings. The lowest BCUT2D eigenvalue weighted by atomic mass is 9.69. The van der Waals surface area contributed by atoms with Gasteiger partial charge in [0, 0.05) is 17.4 Å². The molecule has 2 atom stereocenters. The van der Waals surface area contributed by atoms with Crippen LogP contribution in [0.5, 0.6) is 0 Å². The van der Waals surface area contributed by atoms with Gasteiger partial charge in [0.25, 0.3) is 0 Å². The summed E-state index contributed by atoms with van der Waals surface area (Å²) in [5.41, 5.74) is 1.77. The second kappa shape index (κ2) is 6.21. The fraction of sp³-hybridized carbons (Fsp3) is 0.368. The van der Waals surface area contributed by atoms with Crippen molar-refractivity contribution in [2.75, 3.05) is 0 Å². The highest BCUT2D eigenvalue weighted by Gasteiger charge is 2.39. The predicted octanol–water partition coefficient (Wildman–Crippen LogP) is 4.97. The summed E-state index contributed by atoms with van der Waals surface area (Å²) in [6.45, 7) is 0. The van der Waals surface area contributed by atoms with E-state index in [2.05, 4.69) is 24.3 Å². The van der Waals surface area contributed by atoms with Crippen molar-refractivity contribution in [3.63, 3.8) is 0 Å². The number of rotatable bonds is 3. The van der Waals surface area contributed by atoms with E-state index in [4.69, 9.17) is 11.6 Å². The summed E-state index contributed by atoms with van der Waals surface area (Å²) in [7, 11) is 0. The van der Waals surface area contributed by atoms with Crippen molar-refractivity contribution in [1.82, 2.24) is 0 Å². The molecular formula is C19H21ClO. The molecule has 2 aromatic rings. The number of hydrogen-bond donors (Lipinski definition) is 1. The topological polar surface area (TPSA) is 20.2 Å². The van der Waals surface area contributed by atoms with Crippen LogP contribution in [-0.2, 0) is 6.42 Å². The van der Waals surface area contributed by atoms with Gasteiger partial charge in [-0.2, -0.15) is 0 Å². The molecule has 0 amide bonds. The highest BCUT2D eigenvalue weighted by molar-refractivity contribution is 6.30. The molecule has 0 radical (unpaired) electrons. The largest absolute Gasteiger partial charge is 0.389 e. The molecule has 0 aliphatic heterocycles. The number of aliphatic hydroxyl groups is 1. The molecule has 0 spiro atoms. The van der Waals surface area contributed by atoms with Gasteiger partial charge < -0.3 is 5.11 Å². The fourth-order valence-corrected chi connectivity index (χ4v) is 3.68. The van der Waals surface area contributed by atoms with Crippen molar-refractivity contribution in [3.8, 4) is 0 Å². The van der Waals surface area contributed by atoms with Crippen molar-refractivity contribution in [2.24, 2.45) is 0 Å². The van der Waals surface area contributed by atoms with E-state index < -0.39 is 5.60 Å². The van der Waals surface area contributed by atoms with Gasteiger partial charge in [0.1, 0.15) is 0 Å². The minimum atomic E-state index is -0.645. The Hall–Kier alpha value is -1.31. The summed E-state index contributed by atoms with van der Waals surface area (Å²) in [4.78, 5) is 0. The van der Waals surface area contributed by atoms with Crippen LogP contribution >= 0.6 is 11.6 Å². The van der Waals surface area contributed by atoms with Crippen LogP contribution in [0.1, 0.15) is 42.7 Å². The molecule has 2 heteroatoms. The lowest BCUT2D eigenvalue weighted by Crippen LogP contribution is -2.41. The zero-order chi connectivity index (χ0) is 14.7. The van der Waals surface area contributed by atoms with Gasteiger partial charge in [0.15, 0.2) is 0 Å². The summed E-state index contributed by atoms with van der Waals surface area (Å²) in [6.07, 6.45) is 4.93. The number of hydrogen-bond acceptors (Lipinski definition) is 1. The van der Waals surface area contributed by atoms with Crippen LogP contribution in [0.15, 0.2) is 54.6 Å². The van der Waals surface area contributed by atoms with E-state index in [1.54, 1.807) is 0 Å². The van der Waals surface area contributed by atoms with Crippen LogP contribution in [0.2, 0.25) is 5.02 Å². The lowest BCUT2D eigenvalue weighted by molar-refractivity contribution is -0.0166. The Kier molecular flexibility index (Phi) is 4.32. The van der Waals surface area contributed by atoms with Crippen molar-refractivity contribution in [3.05, 3.63) is 70.7 Å². The predicted molar refractivity (Wildman–Crippen MR) is 87.8 cm³/mol. The SMILES string of the molecule is OC1(Cc2ccc(Cl)cc2)CCCCC1c1ccccc1. The molecule has 1 fully saturated rings. The Labute approximate surface area is 131 Å². The van der Waals surface area contributed by atoms with E-state index in [0.717, 1.165) is 29.8 Å². The van der Waals surface area contributed by atoms with E-state index in [1.165, 1.54) is 12.0 Å². The first-order valence-corrected chi connectivity index (χ1v) is 8.07. The van der Waals surface area contributed by atoms with Gasteiger partial charge in [-0.3, -0.25) is 0 Å². The lowest BCUT2D eigenvalue weighted by Gasteiger charge is -2.40. The molecule has 0 saturated heterocycles. The fourth-order valence-electron chi connectivity index (χ4n) is 3.55. The second-order valence-corrected chi connectivity index (χ2v) is 6.55. The highest BCUT2D eigenvalue weighted by Crippen LogP contribution is 2.42. The Bertz CT molecular complexity index is 578. The molecular weight excluding hydrogens is 280 g/mol. The van der Waals surface area contributed by atoms with Crippen LogP contribution in [0.4, 0.5) is 0 Å². The third-order valence-electron chi connectivity index (χ3n) is 4.63. The first kappa shape index (κ1) is 14.6. The molecule has 2 unspecified atom stereocenters. The Morgan fingerprint density at radius 2 is 1.71 bits per heavy atom. The molecule has 1 N–H and O–H groups in total. The van der Waals surface area contributed by atoms with E-state index in [9.17, 15) is 5.11 Å². The monoisotopic (exact) mass is 300 g/mol. The smallest absolute Gasteiger partial charge is 0.0756 e. The first-order valence-electron chi connectivity index (χ1n) is 7.69. The molecule has 0 heterocycles. The summed E-state index contributed by atoms with van der Waals surface area (Å²) < 4.78 is 0. The highest BCUT2D eigenvalue weighted by atomic mass is 35.5. The molecule has 0 bridgehead atoms. The maximum atomic E-state index is 11.3. The Morgan fingerprint density at radius 3 is 2.43 bits per heavy atom. The molecule has 21 heavy (non-hydrogen) atoms. The summed E-state index contributed by atoms with van der Waals surface area (Å²) in [5, 5.41) is 12.0. The molecule has 0 aromatic heterocycles. The summed E-state index contributed by atoms with van der Waals surface area (Å²) >= 11 is 5.95. The minimum absolute atomic E-state index is 0.225. The van der Waals surface area contributed by atoms with Gasteiger partial charge in [0.2, 0.25) is 0 Å². The zero-order valence-electron chi connectivity index (χ0n) is 12.1. The van der Waals surface area contributed by atoms with Crippen LogP contribution in [0.3, 0.4) is 0 Å². The van der Waals surface area contributed by atoms with Gasteiger partial charge in [-0.25, -0.2) is 0 Å². The van der Waals surface area contributed by atoms with Gasteiger partial charge in [-0.1, -0.05) is 66.9 Å². The first-order chi connectivity index (χ1) is 10.2. The molecule has 1 aliphatic carbocycles. The van der Waals surface area contributed by atoms with Gasteiger partial charge in [-0.15, -0.1) is 0 Å². The van der Waals surface area contributed by atoms with Gasteiger partial charge in [0.05, 0.1) is 5.60 Å². The van der Waals surface area contributed by atoms with E-state index in [1.807, 2.05) is 30.3 Å². The normalized spacial score (nSPS) is 25.7. The Morgan fingerprint density at radius 1 is 1.00 bits per heavy atom. The van der Waals surface area contributed by atoms with Crippen LogP contribution < -0.4 is 0 Å². The van der Waals surface area contributed by atoms with Crippen molar-refractivity contribution in [2.45, 2.75) is 43.6 Å². The van der Waals surface area contributed by atoms with Gasteiger partial charge >= 0.3 is 0 Å². The Balaban J connectivity index is 1.86. The van der Waals surface area contributed by atoms with E-state index in [0.29, 0.717) is 6.42 Å². The van der Waals surface area contributed by atoms with Crippen LogP contribution in [0.25, 0.3) is 0 Å². The molecule has 2 aromatic carbocycles. The van der Waals surface area contributed by atoms with Crippen molar-refractivity contribution in [1.29, 1.82) is 0 Å². The van der Waals surface area contributed by atoms with Crippen LogP contribution in [-0.4, -0.2) is 10.7 Å². The van der Waals surface area contributed by atoms with E-state index >= 15 is 0 Å². The maximum Gasteiger partial charge on any atom is 0.0756 e. The average molecular weight is 301 g/mol.